The molecular formula is C7H14O2Si. The number of rotatable bonds is 4. The van der Waals surface area contributed by atoms with Gasteiger partial charge in [-0.3, -0.25) is 0 Å². The van der Waals surface area contributed by atoms with E-state index in [4.69, 9.17) is 4.43 Å². The Morgan fingerprint density at radius 1 is 1.60 bits per heavy atom. The second kappa shape index (κ2) is 4.41. The zero-order valence-corrected chi connectivity index (χ0v) is 7.76. The number of allylic oxidation sites excluding steroid dienone is 1. The maximum atomic E-state index is 10.5. The highest BCUT2D eigenvalue weighted by Crippen LogP contribution is 2.02. The second-order valence-electron chi connectivity index (χ2n) is 2.23. The molecule has 0 N–H and O–H groups in total. The van der Waals surface area contributed by atoms with E-state index in [9.17, 15) is 4.79 Å². The molecule has 0 radical (unpaired) electrons. The van der Waals surface area contributed by atoms with Gasteiger partial charge in [-0.15, -0.1) is 0 Å². The van der Waals surface area contributed by atoms with E-state index in [1.165, 1.54) is 0 Å². The molecule has 58 valence electrons. The highest BCUT2D eigenvalue weighted by molar-refractivity contribution is 6.99. The van der Waals surface area contributed by atoms with E-state index in [-0.39, 0.29) is 0 Å². The number of hydrogen-bond acceptors (Lipinski definition) is 2. The van der Waals surface area contributed by atoms with Gasteiger partial charge in [0.05, 0.1) is 0 Å². The lowest BCUT2D eigenvalue weighted by molar-refractivity contribution is 0.342. The maximum absolute atomic E-state index is 10.5. The first kappa shape index (κ1) is 9.59. The summed E-state index contributed by atoms with van der Waals surface area (Å²) in [6, 6.07) is 0. The number of hydrogen-bond donors (Lipinski definition) is 0. The highest BCUT2D eigenvalue weighted by atomic mass is 28.4. The van der Waals surface area contributed by atoms with Crippen LogP contribution < -0.4 is 0 Å². The summed E-state index contributed by atoms with van der Waals surface area (Å²) in [5, 5.41) is 0. The van der Waals surface area contributed by atoms with Crippen LogP contribution in [0, 0.1) is 0 Å². The van der Waals surface area contributed by atoms with Gasteiger partial charge in [-0.25, -0.2) is 0 Å². The van der Waals surface area contributed by atoms with Gasteiger partial charge in [-0.2, -0.15) is 0 Å². The third kappa shape index (κ3) is 2.94. The van der Waals surface area contributed by atoms with Crippen molar-refractivity contribution >= 4 is 14.2 Å². The third-order valence-corrected chi connectivity index (χ3v) is 3.56. The Morgan fingerprint density at radius 2 is 2.20 bits per heavy atom. The van der Waals surface area contributed by atoms with Crippen molar-refractivity contribution in [3.8, 4) is 0 Å². The fourth-order valence-corrected chi connectivity index (χ4v) is 2.29. The molecule has 0 saturated heterocycles. The zero-order chi connectivity index (χ0) is 8.04. The Balaban J connectivity index is 4.07. The van der Waals surface area contributed by atoms with Crippen molar-refractivity contribution in [1.29, 1.82) is 0 Å². The van der Waals surface area contributed by atoms with Crippen LogP contribution in [0.5, 0.6) is 0 Å². The van der Waals surface area contributed by atoms with Crippen LogP contribution in [0.1, 0.15) is 13.8 Å². The first-order valence-electron chi connectivity index (χ1n) is 3.42. The Morgan fingerprint density at radius 3 is 2.50 bits per heavy atom. The lowest BCUT2D eigenvalue weighted by Gasteiger charge is -2.14. The smallest absolute Gasteiger partial charge is 0.280 e. The van der Waals surface area contributed by atoms with E-state index >= 15 is 0 Å². The van der Waals surface area contributed by atoms with Gasteiger partial charge in [0.15, 0.2) is 0 Å². The van der Waals surface area contributed by atoms with Crippen molar-refractivity contribution in [3.05, 3.63) is 11.8 Å². The van der Waals surface area contributed by atoms with Crippen molar-refractivity contribution < 1.29 is 9.22 Å². The topological polar surface area (TPSA) is 26.3 Å². The molecule has 0 amide bonds. The van der Waals surface area contributed by atoms with Crippen LogP contribution in [0.3, 0.4) is 0 Å². The summed E-state index contributed by atoms with van der Waals surface area (Å²) in [5.74, 6) is 0.941. The normalized spacial score (nSPS) is 17.1. The summed E-state index contributed by atoms with van der Waals surface area (Å²) in [6.07, 6.45) is 1.87. The van der Waals surface area contributed by atoms with Gasteiger partial charge < -0.3 is 9.22 Å². The molecule has 0 saturated carbocycles. The van der Waals surface area contributed by atoms with Crippen LogP contribution in [-0.4, -0.2) is 20.8 Å². The molecule has 10 heavy (non-hydrogen) atoms. The first-order valence-corrected chi connectivity index (χ1v) is 5.99. The minimum atomic E-state index is -2.08. The predicted molar refractivity (Wildman–Crippen MR) is 44.8 cm³/mol. The van der Waals surface area contributed by atoms with Crippen molar-refractivity contribution in [2.75, 3.05) is 6.61 Å². The summed E-state index contributed by atoms with van der Waals surface area (Å²) in [7, 11) is -2.08. The molecule has 3 heteroatoms. The van der Waals surface area contributed by atoms with Crippen LogP contribution in [0.25, 0.3) is 0 Å². The predicted octanol–water partition coefficient (Wildman–Crippen LogP) is 1.49. The molecule has 0 aromatic carbocycles. The molecule has 0 aliphatic carbocycles. The monoisotopic (exact) mass is 158 g/mol. The van der Waals surface area contributed by atoms with Gasteiger partial charge in [-0.05, 0) is 20.4 Å². The molecule has 2 nitrogen and oxygen atoms in total. The molecule has 0 heterocycles. The molecule has 0 bridgehead atoms. The van der Waals surface area contributed by atoms with E-state index in [1.54, 1.807) is 0 Å². The molecular weight excluding hydrogens is 144 g/mol. The Labute approximate surface area is 63.0 Å². The summed E-state index contributed by atoms with van der Waals surface area (Å²) in [5.41, 5.74) is 1.88. The summed E-state index contributed by atoms with van der Waals surface area (Å²) in [6.45, 7) is 6.29. The fourth-order valence-electron chi connectivity index (χ4n) is 0.763. The third-order valence-electron chi connectivity index (χ3n) is 1.19. The molecule has 0 aromatic rings. The van der Waals surface area contributed by atoms with Gasteiger partial charge in [0.1, 0.15) is 5.91 Å². The minimum absolute atomic E-state index is 0.617. The molecule has 0 aliphatic heterocycles. The largest absolute Gasteiger partial charge is 0.407 e. The maximum Gasteiger partial charge on any atom is 0.280 e. The standard InChI is InChI=1S/C7H14O2Si/c1-4-6-10(3,7-8)9-5-2/h4,6-7H,5H2,1-3H3. The zero-order valence-electron chi connectivity index (χ0n) is 6.76. The average Bonchev–Trinajstić information content (AvgIpc) is 1.89. The average molecular weight is 158 g/mol. The van der Waals surface area contributed by atoms with Crippen LogP contribution in [0.15, 0.2) is 11.8 Å². The van der Waals surface area contributed by atoms with Crippen molar-refractivity contribution in [2.24, 2.45) is 0 Å². The van der Waals surface area contributed by atoms with Crippen molar-refractivity contribution in [3.63, 3.8) is 0 Å². The molecule has 0 rings (SSSR count). The van der Waals surface area contributed by atoms with E-state index in [2.05, 4.69) is 0 Å². The van der Waals surface area contributed by atoms with Gasteiger partial charge in [0, 0.05) is 6.61 Å². The van der Waals surface area contributed by atoms with E-state index < -0.39 is 8.32 Å². The Hall–Kier alpha value is -0.413. The van der Waals surface area contributed by atoms with Gasteiger partial charge in [-0.1, -0.05) is 11.8 Å². The van der Waals surface area contributed by atoms with E-state index in [0.717, 1.165) is 5.91 Å². The summed E-state index contributed by atoms with van der Waals surface area (Å²) < 4.78 is 5.30. The van der Waals surface area contributed by atoms with Gasteiger partial charge in [0.2, 0.25) is 0 Å². The van der Waals surface area contributed by atoms with Gasteiger partial charge in [0.25, 0.3) is 8.32 Å². The minimum Gasteiger partial charge on any atom is -0.407 e. The van der Waals surface area contributed by atoms with Crippen LogP contribution in [0.2, 0.25) is 6.55 Å². The molecule has 0 fully saturated rings. The lowest BCUT2D eigenvalue weighted by atomic mass is 10.8. The van der Waals surface area contributed by atoms with Crippen LogP contribution in [-0.2, 0) is 9.22 Å². The molecule has 0 aliphatic rings. The quantitative estimate of drug-likeness (QED) is 0.457. The summed E-state index contributed by atoms with van der Waals surface area (Å²) >= 11 is 0. The molecule has 0 aromatic heterocycles. The summed E-state index contributed by atoms with van der Waals surface area (Å²) in [4.78, 5) is 10.5. The van der Waals surface area contributed by atoms with E-state index in [0.29, 0.717) is 6.61 Å². The lowest BCUT2D eigenvalue weighted by Crippen LogP contribution is -2.34. The fraction of sp³-hybridized carbons (Fsp3) is 0.571. The molecule has 1 unspecified atom stereocenters. The molecule has 0 spiro atoms. The second-order valence-corrected chi connectivity index (χ2v) is 5.46. The van der Waals surface area contributed by atoms with Crippen LogP contribution in [0.4, 0.5) is 0 Å². The highest BCUT2D eigenvalue weighted by Gasteiger charge is 2.23. The van der Waals surface area contributed by atoms with Crippen LogP contribution >= 0.6 is 0 Å². The van der Waals surface area contributed by atoms with E-state index in [1.807, 2.05) is 32.2 Å². The van der Waals surface area contributed by atoms with Crippen molar-refractivity contribution in [1.82, 2.24) is 0 Å². The first-order chi connectivity index (χ1) is 4.68. The molecule has 1 atom stereocenters. The number of carbonyl (C=O) groups is 1. The van der Waals surface area contributed by atoms with Crippen molar-refractivity contribution in [2.45, 2.75) is 20.4 Å². The SMILES string of the molecule is CC=C[Si](C)(C=O)OCC. The Kier molecular flexibility index (Phi) is 4.23. The Bertz CT molecular complexity index is 134. The van der Waals surface area contributed by atoms with Gasteiger partial charge >= 0.3 is 0 Å². The number of carbonyl (C=O) groups excluding carboxylic acids is 1.